The molecule has 0 N–H and O–H groups in total. The summed E-state index contributed by atoms with van der Waals surface area (Å²) in [5.41, 5.74) is 9.15. The summed E-state index contributed by atoms with van der Waals surface area (Å²) >= 11 is 0. The lowest BCUT2D eigenvalue weighted by Crippen LogP contribution is -2.25. The van der Waals surface area contributed by atoms with Crippen LogP contribution in [0, 0.1) is 0 Å². The molecule has 0 radical (unpaired) electrons. The molecule has 0 spiro atoms. The first-order valence-corrected chi connectivity index (χ1v) is 12.1. The molecule has 1 unspecified atom stereocenters. The zero-order valence-corrected chi connectivity index (χ0v) is 19.4. The molecule has 6 aromatic rings. The number of benzene rings is 5. The molecule has 0 bridgehead atoms. The van der Waals surface area contributed by atoms with Gasteiger partial charge in [-0.2, -0.15) is 0 Å². The van der Waals surface area contributed by atoms with Gasteiger partial charge in [-0.25, -0.2) is 0 Å². The third kappa shape index (κ3) is 2.93. The number of fused-ring (bicyclic) bond motifs is 4. The van der Waals surface area contributed by atoms with E-state index in [1.807, 2.05) is 34.9 Å². The molecule has 2 heteroatoms. The number of aromatic nitrogens is 1. The maximum atomic E-state index is 13.9. The van der Waals surface area contributed by atoms with Crippen LogP contribution >= 0.6 is 0 Å². The van der Waals surface area contributed by atoms with Gasteiger partial charge in [0.05, 0.1) is 11.2 Å². The van der Waals surface area contributed by atoms with Gasteiger partial charge in [-0.3, -0.25) is 9.36 Å². The fourth-order valence-electron chi connectivity index (χ4n) is 5.68. The first kappa shape index (κ1) is 20.0. The maximum Gasteiger partial charge on any atom is 0.263 e. The Labute approximate surface area is 203 Å². The molecule has 1 aliphatic rings. The van der Waals surface area contributed by atoms with E-state index in [-0.39, 0.29) is 11.5 Å². The molecule has 166 valence electrons. The average molecular weight is 450 g/mol. The lowest BCUT2D eigenvalue weighted by Gasteiger charge is -2.29. The van der Waals surface area contributed by atoms with Crippen LogP contribution in [0.5, 0.6) is 0 Å². The predicted molar refractivity (Wildman–Crippen MR) is 145 cm³/mol. The quantitative estimate of drug-likeness (QED) is 0.246. The maximum absolute atomic E-state index is 13.9. The van der Waals surface area contributed by atoms with Gasteiger partial charge in [0.1, 0.15) is 0 Å². The van der Waals surface area contributed by atoms with E-state index in [2.05, 4.69) is 91.9 Å². The first-order chi connectivity index (χ1) is 17.2. The van der Waals surface area contributed by atoms with Gasteiger partial charge in [-0.15, -0.1) is 0 Å². The highest BCUT2D eigenvalue weighted by molar-refractivity contribution is 6.09. The van der Waals surface area contributed by atoms with Crippen LogP contribution in [0.2, 0.25) is 0 Å². The summed E-state index contributed by atoms with van der Waals surface area (Å²) in [4.78, 5) is 13.9. The topological polar surface area (TPSA) is 22.0 Å². The molecule has 0 saturated carbocycles. The van der Waals surface area contributed by atoms with Crippen molar-refractivity contribution in [3.05, 3.63) is 137 Å². The van der Waals surface area contributed by atoms with Crippen molar-refractivity contribution in [2.75, 3.05) is 0 Å². The molecule has 1 aromatic heterocycles. The van der Waals surface area contributed by atoms with Crippen LogP contribution in [0.25, 0.3) is 49.6 Å². The molecule has 5 aromatic carbocycles. The molecule has 0 fully saturated rings. The van der Waals surface area contributed by atoms with Gasteiger partial charge in [0.15, 0.2) is 0 Å². The van der Waals surface area contributed by atoms with Crippen LogP contribution in [-0.4, -0.2) is 4.57 Å². The van der Waals surface area contributed by atoms with Crippen molar-refractivity contribution >= 4 is 21.7 Å². The normalized spacial score (nSPS) is 14.3. The zero-order chi connectivity index (χ0) is 23.5. The van der Waals surface area contributed by atoms with Crippen LogP contribution in [0.3, 0.4) is 0 Å². The third-order valence-electron chi connectivity index (χ3n) is 7.43. The molecule has 1 atom stereocenters. The Kier molecular flexibility index (Phi) is 4.31. The summed E-state index contributed by atoms with van der Waals surface area (Å²) in [5, 5.41) is 2.89. The second-order valence-corrected chi connectivity index (χ2v) is 9.38. The van der Waals surface area contributed by atoms with Gasteiger partial charge in [-0.05, 0) is 69.1 Å². The highest BCUT2D eigenvalue weighted by Crippen LogP contribution is 2.43. The van der Waals surface area contributed by atoms with Gasteiger partial charge in [-0.1, -0.05) is 91.9 Å². The van der Waals surface area contributed by atoms with E-state index >= 15 is 0 Å². The highest BCUT2D eigenvalue weighted by Gasteiger charge is 2.28. The number of pyridine rings is 1. The van der Waals surface area contributed by atoms with E-state index in [0.717, 1.165) is 27.4 Å². The van der Waals surface area contributed by atoms with E-state index in [0.29, 0.717) is 0 Å². The van der Waals surface area contributed by atoms with Gasteiger partial charge in [0.25, 0.3) is 5.56 Å². The summed E-state index contributed by atoms with van der Waals surface area (Å²) in [6.07, 6.45) is 0. The van der Waals surface area contributed by atoms with Crippen molar-refractivity contribution in [1.82, 2.24) is 4.57 Å². The van der Waals surface area contributed by atoms with E-state index in [4.69, 9.17) is 0 Å². The molecular weight excluding hydrogens is 426 g/mol. The van der Waals surface area contributed by atoms with Crippen molar-refractivity contribution in [3.8, 4) is 27.9 Å². The van der Waals surface area contributed by atoms with Crippen LogP contribution in [0.15, 0.2) is 120 Å². The molecule has 0 amide bonds. The Bertz CT molecular complexity index is 1810. The van der Waals surface area contributed by atoms with Crippen molar-refractivity contribution < 1.29 is 0 Å². The Balaban J connectivity index is 1.61. The molecule has 0 saturated heterocycles. The van der Waals surface area contributed by atoms with Gasteiger partial charge in [0.2, 0.25) is 0 Å². The number of rotatable bonds is 2. The Morgan fingerprint density at radius 2 is 1.14 bits per heavy atom. The molecular formula is C33H23NO. The summed E-state index contributed by atoms with van der Waals surface area (Å²) < 4.78 is 1.95. The Morgan fingerprint density at radius 1 is 0.543 bits per heavy atom. The average Bonchev–Trinajstić information content (AvgIpc) is 2.93. The lowest BCUT2D eigenvalue weighted by atomic mass is 9.83. The van der Waals surface area contributed by atoms with E-state index < -0.39 is 0 Å². The highest BCUT2D eigenvalue weighted by atomic mass is 16.1. The summed E-state index contributed by atoms with van der Waals surface area (Å²) in [7, 11) is 0. The smallest absolute Gasteiger partial charge is 0.263 e. The van der Waals surface area contributed by atoms with Gasteiger partial charge in [0, 0.05) is 16.7 Å². The minimum Gasteiger partial charge on any atom is -0.276 e. The fraction of sp³-hybridized carbons (Fsp3) is 0.0606. The van der Waals surface area contributed by atoms with Crippen molar-refractivity contribution in [2.45, 2.75) is 12.8 Å². The van der Waals surface area contributed by atoms with Crippen LogP contribution in [-0.2, 0) is 0 Å². The van der Waals surface area contributed by atoms with Crippen LogP contribution in [0.1, 0.15) is 24.0 Å². The molecule has 0 aliphatic carbocycles. The molecule has 2 nitrogen and oxygen atoms in total. The SMILES string of the molecule is CC1c2cc(-c3ccccc3)ccc2-n2c(=O)c3ccccc3c3cc(-c4ccccc4)cc1c32. The van der Waals surface area contributed by atoms with E-state index in [1.54, 1.807) is 0 Å². The molecule has 2 heterocycles. The second kappa shape index (κ2) is 7.54. The number of nitrogens with zero attached hydrogens (tertiary/aromatic N) is 1. The summed E-state index contributed by atoms with van der Waals surface area (Å²) in [6, 6.07) is 40.0. The number of hydrogen-bond acceptors (Lipinski definition) is 1. The van der Waals surface area contributed by atoms with Gasteiger partial charge >= 0.3 is 0 Å². The summed E-state index contributed by atoms with van der Waals surface area (Å²) in [5.74, 6) is 0.153. The second-order valence-electron chi connectivity index (χ2n) is 9.38. The first-order valence-electron chi connectivity index (χ1n) is 12.1. The van der Waals surface area contributed by atoms with Crippen LogP contribution in [0.4, 0.5) is 0 Å². The zero-order valence-electron chi connectivity index (χ0n) is 19.4. The third-order valence-corrected chi connectivity index (χ3v) is 7.43. The molecule has 1 aliphatic heterocycles. The van der Waals surface area contributed by atoms with Crippen LogP contribution < -0.4 is 5.56 Å². The monoisotopic (exact) mass is 449 g/mol. The largest absolute Gasteiger partial charge is 0.276 e. The van der Waals surface area contributed by atoms with Crippen molar-refractivity contribution in [1.29, 1.82) is 0 Å². The van der Waals surface area contributed by atoms with Gasteiger partial charge < -0.3 is 0 Å². The molecule has 35 heavy (non-hydrogen) atoms. The fourth-order valence-corrected chi connectivity index (χ4v) is 5.68. The summed E-state index contributed by atoms with van der Waals surface area (Å²) in [6.45, 7) is 2.26. The van der Waals surface area contributed by atoms with Crippen molar-refractivity contribution in [3.63, 3.8) is 0 Å². The predicted octanol–water partition coefficient (Wildman–Crippen LogP) is 7.94. The minimum absolute atomic E-state index is 0.0439. The Morgan fingerprint density at radius 3 is 1.86 bits per heavy atom. The molecule has 7 rings (SSSR count). The standard InChI is InChI=1S/C33H23NO/c1-21-28-18-24(22-10-4-2-5-11-22)16-17-31(28)34-32-29(21)19-25(23-12-6-3-7-13-23)20-30(32)26-14-8-9-15-27(26)33(34)35/h2-21H,1H3. The minimum atomic E-state index is 0.0439. The lowest BCUT2D eigenvalue weighted by molar-refractivity contribution is 0.860. The van der Waals surface area contributed by atoms with E-state index in [9.17, 15) is 4.79 Å². The Hall–Kier alpha value is -4.43. The number of hydrogen-bond donors (Lipinski definition) is 0. The van der Waals surface area contributed by atoms with E-state index in [1.165, 1.54) is 33.4 Å². The van der Waals surface area contributed by atoms with Crippen molar-refractivity contribution in [2.24, 2.45) is 0 Å².